The summed E-state index contributed by atoms with van der Waals surface area (Å²) >= 11 is 0. The maximum absolute atomic E-state index is 10.5. The molecule has 0 unspecified atom stereocenters. The molecule has 66 valence electrons. The number of oxime groups is 1. The monoisotopic (exact) mass is 169 g/mol. The molecule has 4 heteroatoms. The second-order valence-corrected chi connectivity index (χ2v) is 3.50. The zero-order valence-corrected chi connectivity index (χ0v) is 6.75. The number of rotatable bonds is 1. The Bertz CT molecular complexity index is 241. The maximum Gasteiger partial charge on any atom is 0.353 e. The van der Waals surface area contributed by atoms with E-state index in [-0.39, 0.29) is 11.3 Å². The van der Waals surface area contributed by atoms with E-state index >= 15 is 0 Å². The van der Waals surface area contributed by atoms with Gasteiger partial charge >= 0.3 is 5.97 Å². The Kier molecular flexibility index (Phi) is 1.56. The van der Waals surface area contributed by atoms with Crippen molar-refractivity contribution < 1.29 is 14.7 Å². The van der Waals surface area contributed by atoms with E-state index in [2.05, 4.69) is 5.16 Å². The van der Waals surface area contributed by atoms with Gasteiger partial charge in [-0.25, -0.2) is 4.79 Å². The van der Waals surface area contributed by atoms with Crippen molar-refractivity contribution in [2.24, 2.45) is 5.16 Å². The van der Waals surface area contributed by atoms with Gasteiger partial charge in [-0.15, -0.1) is 0 Å². The summed E-state index contributed by atoms with van der Waals surface area (Å²) in [4.78, 5) is 15.7. The number of carboxylic acid groups (broad SMARTS) is 1. The fourth-order valence-electron chi connectivity index (χ4n) is 1.92. The van der Waals surface area contributed by atoms with Crippen molar-refractivity contribution in [2.75, 3.05) is 0 Å². The Morgan fingerprint density at radius 2 is 2.17 bits per heavy atom. The third kappa shape index (κ3) is 1.07. The molecular weight excluding hydrogens is 158 g/mol. The summed E-state index contributed by atoms with van der Waals surface area (Å²) in [7, 11) is 0. The van der Waals surface area contributed by atoms with Crippen LogP contribution in [-0.4, -0.2) is 22.4 Å². The molecule has 0 aromatic heterocycles. The van der Waals surface area contributed by atoms with Gasteiger partial charge in [-0.1, -0.05) is 5.16 Å². The number of carboxylic acids is 1. The molecule has 1 aliphatic carbocycles. The van der Waals surface area contributed by atoms with Crippen LogP contribution in [0.1, 0.15) is 32.1 Å². The summed E-state index contributed by atoms with van der Waals surface area (Å²) in [6.07, 6.45) is 4.65. The molecule has 1 N–H and O–H groups in total. The predicted molar refractivity (Wildman–Crippen MR) is 42.0 cm³/mol. The molecule has 2 rings (SSSR count). The highest BCUT2D eigenvalue weighted by atomic mass is 16.7. The van der Waals surface area contributed by atoms with Gasteiger partial charge in [0.1, 0.15) is 5.60 Å². The molecule has 0 radical (unpaired) electrons. The zero-order chi connectivity index (χ0) is 8.60. The summed E-state index contributed by atoms with van der Waals surface area (Å²) in [5.74, 6) is -0.946. The fourth-order valence-corrected chi connectivity index (χ4v) is 1.92. The maximum atomic E-state index is 10.5. The molecule has 0 amide bonds. The van der Waals surface area contributed by atoms with Gasteiger partial charge in [0.25, 0.3) is 0 Å². The van der Waals surface area contributed by atoms with Crippen LogP contribution in [0.4, 0.5) is 0 Å². The smallest absolute Gasteiger partial charge is 0.353 e. The standard InChI is InChI=1S/C8H11NO3/c10-7(11)6-5-8(12-9-6)3-1-2-4-8/h1-5H2,(H,10,11). The molecule has 0 aromatic carbocycles. The zero-order valence-electron chi connectivity index (χ0n) is 6.75. The first-order valence-corrected chi connectivity index (χ1v) is 4.20. The molecule has 0 saturated heterocycles. The van der Waals surface area contributed by atoms with Crippen molar-refractivity contribution in [3.05, 3.63) is 0 Å². The summed E-state index contributed by atoms with van der Waals surface area (Å²) in [6.45, 7) is 0. The van der Waals surface area contributed by atoms with Gasteiger partial charge in [-0.3, -0.25) is 0 Å². The van der Waals surface area contributed by atoms with Gasteiger partial charge in [-0.05, 0) is 25.7 Å². The molecule has 0 bridgehead atoms. The van der Waals surface area contributed by atoms with Crippen molar-refractivity contribution >= 4 is 11.7 Å². The van der Waals surface area contributed by atoms with Crippen LogP contribution in [0.25, 0.3) is 0 Å². The third-order valence-electron chi connectivity index (χ3n) is 2.60. The average molecular weight is 169 g/mol. The van der Waals surface area contributed by atoms with Crippen molar-refractivity contribution in [3.8, 4) is 0 Å². The van der Waals surface area contributed by atoms with Gasteiger partial charge in [0, 0.05) is 6.42 Å². The normalized spacial score (nSPS) is 25.5. The molecule has 1 heterocycles. The van der Waals surface area contributed by atoms with Crippen LogP contribution in [0.3, 0.4) is 0 Å². The van der Waals surface area contributed by atoms with E-state index in [4.69, 9.17) is 9.94 Å². The van der Waals surface area contributed by atoms with Gasteiger partial charge in [0.15, 0.2) is 5.71 Å². The lowest BCUT2D eigenvalue weighted by molar-refractivity contribution is -0.129. The summed E-state index contributed by atoms with van der Waals surface area (Å²) in [6, 6.07) is 0. The Balaban J connectivity index is 2.06. The molecule has 1 aliphatic heterocycles. The molecule has 2 aliphatic rings. The largest absolute Gasteiger partial charge is 0.477 e. The van der Waals surface area contributed by atoms with Crippen LogP contribution < -0.4 is 0 Å². The number of nitrogens with zero attached hydrogens (tertiary/aromatic N) is 1. The fraction of sp³-hybridized carbons (Fsp3) is 0.750. The molecule has 1 fully saturated rings. The second-order valence-electron chi connectivity index (χ2n) is 3.50. The van der Waals surface area contributed by atoms with Gasteiger partial charge in [-0.2, -0.15) is 0 Å². The lowest BCUT2D eigenvalue weighted by Crippen LogP contribution is -2.26. The Hall–Kier alpha value is -1.06. The molecule has 4 nitrogen and oxygen atoms in total. The van der Waals surface area contributed by atoms with Crippen LogP contribution in [0.5, 0.6) is 0 Å². The minimum atomic E-state index is -0.946. The van der Waals surface area contributed by atoms with Crippen LogP contribution in [-0.2, 0) is 9.63 Å². The number of hydrogen-bond acceptors (Lipinski definition) is 3. The van der Waals surface area contributed by atoms with Crippen LogP contribution in [0.15, 0.2) is 5.16 Å². The van der Waals surface area contributed by atoms with E-state index in [0.29, 0.717) is 6.42 Å². The summed E-state index contributed by atoms with van der Waals surface area (Å²) in [5.41, 5.74) is -0.0647. The number of carbonyl (C=O) groups is 1. The van der Waals surface area contributed by atoms with Gasteiger partial charge in [0.05, 0.1) is 0 Å². The lowest BCUT2D eigenvalue weighted by Gasteiger charge is -2.18. The first-order chi connectivity index (χ1) is 5.72. The molecule has 0 atom stereocenters. The predicted octanol–water partition coefficient (Wildman–Crippen LogP) is 1.16. The number of hydrogen-bond donors (Lipinski definition) is 1. The van der Waals surface area contributed by atoms with E-state index in [1.165, 1.54) is 0 Å². The molecular formula is C8H11NO3. The van der Waals surface area contributed by atoms with E-state index in [1.54, 1.807) is 0 Å². The SMILES string of the molecule is O=C(O)C1=NOC2(CCCC2)C1. The van der Waals surface area contributed by atoms with Crippen LogP contribution in [0.2, 0.25) is 0 Å². The second kappa shape index (κ2) is 2.47. The average Bonchev–Trinajstić information content (AvgIpc) is 2.62. The minimum absolute atomic E-state index is 0.178. The van der Waals surface area contributed by atoms with Gasteiger partial charge < -0.3 is 9.94 Å². The molecule has 12 heavy (non-hydrogen) atoms. The minimum Gasteiger partial charge on any atom is -0.477 e. The first-order valence-electron chi connectivity index (χ1n) is 4.20. The van der Waals surface area contributed by atoms with E-state index in [1.807, 2.05) is 0 Å². The highest BCUT2D eigenvalue weighted by Gasteiger charge is 2.43. The van der Waals surface area contributed by atoms with Crippen molar-refractivity contribution in [2.45, 2.75) is 37.7 Å². The van der Waals surface area contributed by atoms with Crippen LogP contribution >= 0.6 is 0 Å². The Morgan fingerprint density at radius 1 is 1.50 bits per heavy atom. The summed E-state index contributed by atoms with van der Waals surface area (Å²) < 4.78 is 0. The topological polar surface area (TPSA) is 58.9 Å². The lowest BCUT2D eigenvalue weighted by atomic mass is 9.96. The number of aliphatic carboxylic acids is 1. The van der Waals surface area contributed by atoms with Crippen molar-refractivity contribution in [1.82, 2.24) is 0 Å². The third-order valence-corrected chi connectivity index (χ3v) is 2.60. The Morgan fingerprint density at radius 3 is 2.67 bits per heavy atom. The highest BCUT2D eigenvalue weighted by molar-refractivity contribution is 6.36. The van der Waals surface area contributed by atoms with Crippen molar-refractivity contribution in [3.63, 3.8) is 0 Å². The van der Waals surface area contributed by atoms with Gasteiger partial charge in [0.2, 0.25) is 0 Å². The Labute approximate surface area is 70.2 Å². The van der Waals surface area contributed by atoms with Crippen molar-refractivity contribution in [1.29, 1.82) is 0 Å². The molecule has 1 spiro atoms. The highest BCUT2D eigenvalue weighted by Crippen LogP contribution is 2.39. The van der Waals surface area contributed by atoms with E-state index in [0.717, 1.165) is 25.7 Å². The van der Waals surface area contributed by atoms with E-state index < -0.39 is 5.97 Å². The quantitative estimate of drug-likeness (QED) is 0.640. The molecule has 1 saturated carbocycles. The summed E-state index contributed by atoms with van der Waals surface area (Å²) in [5, 5.41) is 12.2. The first kappa shape index (κ1) is 7.58. The molecule has 0 aromatic rings. The van der Waals surface area contributed by atoms with Crippen LogP contribution in [0, 0.1) is 0 Å². The van der Waals surface area contributed by atoms with E-state index in [9.17, 15) is 4.79 Å².